The van der Waals surface area contributed by atoms with Gasteiger partial charge in [0.1, 0.15) is 4.90 Å². The number of amides is 1. The monoisotopic (exact) mass is 321 g/mol. The number of hydrogen-bond donors (Lipinski definition) is 2. The number of aromatic nitrogens is 2. The number of hydrogen-bond acceptors (Lipinski definition) is 4. The normalized spacial score (nSPS) is 12.4. The first-order valence-electron chi connectivity index (χ1n) is 6.53. The van der Waals surface area contributed by atoms with Crippen molar-refractivity contribution in [1.29, 1.82) is 0 Å². The molecule has 8 heteroatoms. The Hall–Kier alpha value is -1.08. The lowest BCUT2D eigenvalue weighted by Crippen LogP contribution is -2.47. The van der Waals surface area contributed by atoms with Crippen LogP contribution in [0.4, 0.5) is 0 Å². The van der Waals surface area contributed by atoms with E-state index < -0.39 is 15.0 Å². The van der Waals surface area contributed by atoms with Crippen molar-refractivity contribution in [2.45, 2.75) is 57.4 Å². The molecule has 1 aromatic heterocycles. The van der Waals surface area contributed by atoms with Crippen molar-refractivity contribution in [1.82, 2.24) is 15.5 Å². The largest absolute Gasteiger partial charge is 0.345 e. The average molecular weight is 322 g/mol. The van der Waals surface area contributed by atoms with E-state index in [0.29, 0.717) is 0 Å². The minimum atomic E-state index is -4.02. The van der Waals surface area contributed by atoms with Crippen LogP contribution in [0.25, 0.3) is 0 Å². The van der Waals surface area contributed by atoms with Gasteiger partial charge in [0.2, 0.25) is 0 Å². The van der Waals surface area contributed by atoms with Gasteiger partial charge in [-0.05, 0) is 26.2 Å². The number of H-pyrrole nitrogens is 1. The zero-order valence-electron chi connectivity index (χ0n) is 12.1. The summed E-state index contributed by atoms with van der Waals surface area (Å²) in [6, 6.07) is 0. The quantitative estimate of drug-likeness (QED) is 0.787. The molecule has 2 N–H and O–H groups in total. The Kier molecular flexibility index (Phi) is 5.21. The molecule has 6 nitrogen and oxygen atoms in total. The molecule has 20 heavy (non-hydrogen) atoms. The summed E-state index contributed by atoms with van der Waals surface area (Å²) in [6.07, 6.45) is 2.24. The number of aromatic amines is 1. The average Bonchev–Trinajstić information content (AvgIpc) is 2.78. The first kappa shape index (κ1) is 17.0. The van der Waals surface area contributed by atoms with Gasteiger partial charge < -0.3 is 5.32 Å². The van der Waals surface area contributed by atoms with Gasteiger partial charge in [0.15, 0.2) is 5.69 Å². The van der Waals surface area contributed by atoms with Crippen LogP contribution in [0.1, 0.15) is 56.2 Å². The maximum absolute atomic E-state index is 12.3. The Balaban J connectivity index is 3.18. The van der Waals surface area contributed by atoms with Crippen LogP contribution in [0.2, 0.25) is 0 Å². The van der Waals surface area contributed by atoms with Gasteiger partial charge in [-0.3, -0.25) is 9.89 Å². The van der Waals surface area contributed by atoms with Crippen molar-refractivity contribution < 1.29 is 13.2 Å². The Labute approximate surface area is 123 Å². The molecule has 1 aromatic rings. The molecule has 0 unspecified atom stereocenters. The van der Waals surface area contributed by atoms with Crippen LogP contribution in [0.15, 0.2) is 4.90 Å². The van der Waals surface area contributed by atoms with Gasteiger partial charge in [-0.15, -0.1) is 0 Å². The zero-order valence-corrected chi connectivity index (χ0v) is 13.7. The number of nitrogens with zero attached hydrogens (tertiary/aromatic N) is 1. The minimum Gasteiger partial charge on any atom is -0.345 e. The molecule has 0 aliphatic heterocycles. The van der Waals surface area contributed by atoms with E-state index >= 15 is 0 Å². The van der Waals surface area contributed by atoms with Crippen molar-refractivity contribution in [2.24, 2.45) is 0 Å². The summed E-state index contributed by atoms with van der Waals surface area (Å²) in [5.41, 5.74) is -0.297. The van der Waals surface area contributed by atoms with Crippen molar-refractivity contribution in [3.05, 3.63) is 11.4 Å². The highest BCUT2D eigenvalue weighted by Gasteiger charge is 2.32. The number of rotatable bonds is 6. The van der Waals surface area contributed by atoms with E-state index in [0.717, 1.165) is 19.3 Å². The van der Waals surface area contributed by atoms with Crippen LogP contribution in [-0.2, 0) is 9.05 Å². The molecule has 0 fully saturated rings. The number of carbonyl (C=O) groups excluding carboxylic acids is 1. The Bertz CT molecular complexity index is 583. The molecule has 0 saturated heterocycles. The summed E-state index contributed by atoms with van der Waals surface area (Å²) in [5.74, 6) is -0.529. The summed E-state index contributed by atoms with van der Waals surface area (Å²) >= 11 is 0. The van der Waals surface area contributed by atoms with E-state index in [4.69, 9.17) is 10.7 Å². The molecule has 114 valence electrons. The first-order valence-corrected chi connectivity index (χ1v) is 8.83. The van der Waals surface area contributed by atoms with E-state index in [-0.39, 0.29) is 21.8 Å². The second kappa shape index (κ2) is 6.13. The summed E-state index contributed by atoms with van der Waals surface area (Å²) in [5, 5.41) is 9.14. The topological polar surface area (TPSA) is 91.9 Å². The second-order valence-corrected chi connectivity index (χ2v) is 7.26. The van der Waals surface area contributed by atoms with Crippen molar-refractivity contribution in [3.8, 4) is 0 Å². The van der Waals surface area contributed by atoms with Gasteiger partial charge >= 0.3 is 0 Å². The van der Waals surface area contributed by atoms with E-state index in [1.807, 2.05) is 20.8 Å². The summed E-state index contributed by atoms with van der Waals surface area (Å²) in [4.78, 5) is 12.0. The fraction of sp³-hybridized carbons (Fsp3) is 0.667. The number of nitrogens with one attached hydrogen (secondary N) is 2. The molecule has 1 amide bonds. The van der Waals surface area contributed by atoms with Gasteiger partial charge in [0.25, 0.3) is 15.0 Å². The van der Waals surface area contributed by atoms with Crippen molar-refractivity contribution in [3.63, 3.8) is 0 Å². The van der Waals surface area contributed by atoms with E-state index in [2.05, 4.69) is 15.5 Å². The highest BCUT2D eigenvalue weighted by atomic mass is 35.7. The smallest absolute Gasteiger partial charge is 0.273 e. The molecule has 0 saturated carbocycles. The number of carbonyl (C=O) groups is 1. The van der Waals surface area contributed by atoms with Gasteiger partial charge in [0, 0.05) is 16.2 Å². The second-order valence-electron chi connectivity index (χ2n) is 4.76. The molecule has 1 rings (SSSR count). The maximum Gasteiger partial charge on any atom is 0.273 e. The number of aryl methyl sites for hydroxylation is 1. The summed E-state index contributed by atoms with van der Waals surface area (Å²) in [7, 11) is 1.34. The first-order chi connectivity index (χ1) is 9.20. The molecule has 0 aliphatic rings. The Morgan fingerprint density at radius 3 is 2.20 bits per heavy atom. The zero-order chi connectivity index (χ0) is 15.6. The van der Waals surface area contributed by atoms with Crippen LogP contribution in [0.5, 0.6) is 0 Å². The minimum absolute atomic E-state index is 0.183. The van der Waals surface area contributed by atoms with E-state index in [1.54, 1.807) is 0 Å². The third-order valence-corrected chi connectivity index (χ3v) is 5.21. The molecular weight excluding hydrogens is 302 g/mol. The fourth-order valence-corrected chi connectivity index (χ4v) is 3.53. The van der Waals surface area contributed by atoms with Crippen molar-refractivity contribution in [2.75, 3.05) is 0 Å². The lowest BCUT2D eigenvalue weighted by Gasteiger charge is -2.31. The van der Waals surface area contributed by atoms with Crippen LogP contribution < -0.4 is 5.32 Å². The predicted octanol–water partition coefficient (Wildman–Crippen LogP) is 2.34. The van der Waals surface area contributed by atoms with Crippen LogP contribution in [-0.4, -0.2) is 30.1 Å². The van der Waals surface area contributed by atoms with E-state index in [1.165, 1.54) is 6.92 Å². The van der Waals surface area contributed by atoms with Crippen LogP contribution in [0, 0.1) is 6.92 Å². The predicted molar refractivity (Wildman–Crippen MR) is 77.4 cm³/mol. The molecular formula is C12H20ClN3O3S. The highest BCUT2D eigenvalue weighted by Crippen LogP contribution is 2.24. The SMILES string of the molecule is CCC(CC)(CC)NC(=O)c1n[nH]c(C)c1S(=O)(=O)Cl. The van der Waals surface area contributed by atoms with E-state index in [9.17, 15) is 13.2 Å². The summed E-state index contributed by atoms with van der Waals surface area (Å²) < 4.78 is 23.1. The molecule has 0 spiro atoms. The molecule has 0 aliphatic carbocycles. The Morgan fingerprint density at radius 1 is 1.30 bits per heavy atom. The fourth-order valence-electron chi connectivity index (χ4n) is 2.19. The summed E-state index contributed by atoms with van der Waals surface area (Å²) in [6.45, 7) is 7.43. The van der Waals surface area contributed by atoms with Crippen molar-refractivity contribution >= 4 is 25.6 Å². The lowest BCUT2D eigenvalue weighted by molar-refractivity contribution is 0.0879. The third kappa shape index (κ3) is 3.32. The molecule has 0 bridgehead atoms. The van der Waals surface area contributed by atoms with Crippen LogP contribution in [0.3, 0.4) is 0 Å². The van der Waals surface area contributed by atoms with Gasteiger partial charge in [-0.25, -0.2) is 8.42 Å². The Morgan fingerprint density at radius 2 is 1.80 bits per heavy atom. The lowest BCUT2D eigenvalue weighted by atomic mass is 9.89. The standard InChI is InChI=1S/C12H20ClN3O3S/c1-5-12(6-2,7-3)14-11(17)9-10(20(13,18)19)8(4)15-16-9/h5-7H2,1-4H3,(H,14,17)(H,15,16). The molecule has 0 radical (unpaired) electrons. The molecule has 0 atom stereocenters. The molecule has 0 aromatic carbocycles. The number of halogens is 1. The highest BCUT2D eigenvalue weighted by molar-refractivity contribution is 8.13. The molecule has 1 heterocycles. The maximum atomic E-state index is 12.3. The van der Waals surface area contributed by atoms with Crippen LogP contribution >= 0.6 is 10.7 Å². The third-order valence-electron chi connectivity index (χ3n) is 3.76. The van der Waals surface area contributed by atoms with Gasteiger partial charge in [-0.1, -0.05) is 20.8 Å². The van der Waals surface area contributed by atoms with Gasteiger partial charge in [0.05, 0.1) is 5.69 Å². The van der Waals surface area contributed by atoms with Gasteiger partial charge in [-0.2, -0.15) is 5.10 Å².